The molecule has 0 aromatic carbocycles. The number of likely N-dealkylation sites (N-methyl/N-ethyl adjacent to an activating group) is 1. The molecule has 0 bridgehead atoms. The van der Waals surface area contributed by atoms with Crippen molar-refractivity contribution in [1.82, 2.24) is 15.3 Å². The minimum Gasteiger partial charge on any atom is -0.370 e. The average molecular weight is 313 g/mol. The maximum atomic E-state index is 12.0. The predicted molar refractivity (Wildman–Crippen MR) is 79.4 cm³/mol. The van der Waals surface area contributed by atoms with Gasteiger partial charge in [0, 0.05) is 33.5 Å². The lowest BCUT2D eigenvalue weighted by atomic mass is 10.1. The Kier molecular flexibility index (Phi) is 6.77. The summed E-state index contributed by atoms with van der Waals surface area (Å²) in [6.45, 7) is 0.621. The number of aliphatic imine (C=N–C) groups is 1. The van der Waals surface area contributed by atoms with Crippen LogP contribution in [0.1, 0.15) is 25.7 Å². The normalized spacial score (nSPS) is 16.9. The summed E-state index contributed by atoms with van der Waals surface area (Å²) in [6.07, 6.45) is 1.30. The number of carbonyl (C=O) groups excluding carboxylic acids is 3. The molecule has 3 N–H and O–H groups in total. The number of hydrogen-bond donors (Lipinski definition) is 2. The summed E-state index contributed by atoms with van der Waals surface area (Å²) < 4.78 is 0. The second-order valence-corrected chi connectivity index (χ2v) is 4.98. The molecule has 1 heterocycles. The van der Waals surface area contributed by atoms with Gasteiger partial charge in [0.1, 0.15) is 6.04 Å². The number of nitrogens with zero attached hydrogens (tertiary/aromatic N) is 3. The van der Waals surface area contributed by atoms with Crippen LogP contribution in [0.2, 0.25) is 0 Å². The Morgan fingerprint density at radius 3 is 2.55 bits per heavy atom. The number of hydroxylamine groups is 2. The number of rotatable bonds is 7. The second kappa shape index (κ2) is 8.32. The SMILES string of the molecule is CN=C(N)N(C)CCCC(NC)C(=O)ON1C(=O)CCC1=O. The summed E-state index contributed by atoms with van der Waals surface area (Å²) in [7, 11) is 5.02. The zero-order valence-corrected chi connectivity index (χ0v) is 13.2. The van der Waals surface area contributed by atoms with Gasteiger partial charge in [-0.15, -0.1) is 5.06 Å². The van der Waals surface area contributed by atoms with Crippen molar-refractivity contribution >= 4 is 23.7 Å². The quantitative estimate of drug-likeness (QED) is 0.346. The van der Waals surface area contributed by atoms with E-state index in [0.717, 1.165) is 0 Å². The fourth-order valence-corrected chi connectivity index (χ4v) is 2.01. The average Bonchev–Trinajstić information content (AvgIpc) is 2.82. The summed E-state index contributed by atoms with van der Waals surface area (Å²) in [5.74, 6) is -1.21. The molecule has 0 radical (unpaired) electrons. The van der Waals surface area contributed by atoms with Gasteiger partial charge >= 0.3 is 5.97 Å². The Labute approximate surface area is 129 Å². The molecule has 9 nitrogen and oxygen atoms in total. The van der Waals surface area contributed by atoms with Gasteiger partial charge < -0.3 is 20.8 Å². The molecule has 0 aromatic rings. The van der Waals surface area contributed by atoms with E-state index in [-0.39, 0.29) is 12.8 Å². The van der Waals surface area contributed by atoms with Crippen molar-refractivity contribution in [1.29, 1.82) is 0 Å². The van der Waals surface area contributed by atoms with Crippen LogP contribution in [-0.2, 0) is 19.2 Å². The topological polar surface area (TPSA) is 117 Å². The molecular weight excluding hydrogens is 290 g/mol. The third-order valence-electron chi connectivity index (χ3n) is 3.43. The molecule has 0 aromatic heterocycles. The number of hydrogen-bond acceptors (Lipinski definition) is 6. The van der Waals surface area contributed by atoms with Gasteiger partial charge in [0.25, 0.3) is 11.8 Å². The molecule has 1 fully saturated rings. The first-order chi connectivity index (χ1) is 10.4. The highest BCUT2D eigenvalue weighted by atomic mass is 16.7. The summed E-state index contributed by atoms with van der Waals surface area (Å²) >= 11 is 0. The van der Waals surface area contributed by atoms with Gasteiger partial charge in [-0.05, 0) is 19.9 Å². The van der Waals surface area contributed by atoms with Crippen molar-refractivity contribution in [2.24, 2.45) is 10.7 Å². The number of carbonyl (C=O) groups is 3. The highest BCUT2D eigenvalue weighted by Gasteiger charge is 2.34. The van der Waals surface area contributed by atoms with Gasteiger partial charge in [0.05, 0.1) is 0 Å². The third-order valence-corrected chi connectivity index (χ3v) is 3.43. The van der Waals surface area contributed by atoms with Crippen molar-refractivity contribution in [2.75, 3.05) is 27.7 Å². The molecule has 9 heteroatoms. The molecule has 1 aliphatic heterocycles. The molecule has 124 valence electrons. The lowest BCUT2D eigenvalue weighted by Gasteiger charge is -2.21. The van der Waals surface area contributed by atoms with Crippen molar-refractivity contribution < 1.29 is 19.2 Å². The Hall–Kier alpha value is -2.16. The van der Waals surface area contributed by atoms with Crippen molar-refractivity contribution in [3.05, 3.63) is 0 Å². The fourth-order valence-electron chi connectivity index (χ4n) is 2.01. The van der Waals surface area contributed by atoms with Crippen LogP contribution in [0, 0.1) is 0 Å². The van der Waals surface area contributed by atoms with Gasteiger partial charge in [-0.2, -0.15) is 0 Å². The van der Waals surface area contributed by atoms with E-state index in [2.05, 4.69) is 10.3 Å². The molecule has 1 rings (SSSR count). The maximum Gasteiger partial charge on any atom is 0.349 e. The molecule has 1 unspecified atom stereocenters. The van der Waals surface area contributed by atoms with E-state index >= 15 is 0 Å². The van der Waals surface area contributed by atoms with Crippen molar-refractivity contribution in [3.63, 3.8) is 0 Å². The van der Waals surface area contributed by atoms with Gasteiger partial charge in [0.15, 0.2) is 5.96 Å². The number of nitrogens with one attached hydrogen (secondary N) is 1. The molecular formula is C13H23N5O4. The molecule has 0 spiro atoms. The van der Waals surface area contributed by atoms with E-state index in [1.807, 2.05) is 0 Å². The van der Waals surface area contributed by atoms with Crippen LogP contribution in [-0.4, -0.2) is 67.4 Å². The van der Waals surface area contributed by atoms with E-state index in [1.165, 1.54) is 0 Å². The molecule has 2 amide bonds. The predicted octanol–water partition coefficient (Wildman–Crippen LogP) is -1.16. The van der Waals surface area contributed by atoms with Crippen LogP contribution in [0.15, 0.2) is 4.99 Å². The first kappa shape index (κ1) is 17.9. The van der Waals surface area contributed by atoms with Crippen LogP contribution in [0.5, 0.6) is 0 Å². The highest BCUT2D eigenvalue weighted by molar-refractivity contribution is 6.01. The largest absolute Gasteiger partial charge is 0.370 e. The van der Waals surface area contributed by atoms with Crippen LogP contribution in [0.3, 0.4) is 0 Å². The summed E-state index contributed by atoms with van der Waals surface area (Å²) in [5, 5.41) is 3.37. The van der Waals surface area contributed by atoms with Crippen molar-refractivity contribution in [3.8, 4) is 0 Å². The highest BCUT2D eigenvalue weighted by Crippen LogP contribution is 2.13. The minimum atomic E-state index is -0.647. The molecule has 0 saturated carbocycles. The van der Waals surface area contributed by atoms with Gasteiger partial charge in [-0.25, -0.2) is 4.79 Å². The summed E-state index contributed by atoms with van der Waals surface area (Å²) in [5.41, 5.74) is 5.65. The molecule has 1 saturated heterocycles. The Bertz CT molecular complexity index is 449. The molecule has 22 heavy (non-hydrogen) atoms. The summed E-state index contributed by atoms with van der Waals surface area (Å²) in [6, 6.07) is -0.602. The zero-order valence-electron chi connectivity index (χ0n) is 13.2. The van der Waals surface area contributed by atoms with E-state index in [1.54, 1.807) is 26.0 Å². The first-order valence-electron chi connectivity index (χ1n) is 7.09. The minimum absolute atomic E-state index is 0.0801. The smallest absolute Gasteiger partial charge is 0.349 e. The van der Waals surface area contributed by atoms with Gasteiger partial charge in [-0.1, -0.05) is 0 Å². The zero-order chi connectivity index (χ0) is 16.7. The molecule has 1 atom stereocenters. The van der Waals surface area contributed by atoms with E-state index in [4.69, 9.17) is 10.6 Å². The summed E-state index contributed by atoms with van der Waals surface area (Å²) in [4.78, 5) is 45.3. The Balaban J connectivity index is 2.45. The Morgan fingerprint density at radius 2 is 2.05 bits per heavy atom. The monoisotopic (exact) mass is 313 g/mol. The number of guanidine groups is 1. The molecule has 1 aliphatic rings. The van der Waals surface area contributed by atoms with E-state index in [0.29, 0.717) is 30.4 Å². The van der Waals surface area contributed by atoms with Crippen LogP contribution in [0.25, 0.3) is 0 Å². The van der Waals surface area contributed by atoms with Crippen LogP contribution >= 0.6 is 0 Å². The van der Waals surface area contributed by atoms with Gasteiger partial charge in [0.2, 0.25) is 0 Å². The standard InChI is InChI=1S/C13H23N5O4/c1-15-9(5-4-8-17(3)13(14)16-2)12(21)22-18-10(19)6-7-11(18)20/h9,15H,4-8H2,1-3H3,(H2,14,16). The molecule has 0 aliphatic carbocycles. The van der Waals surface area contributed by atoms with Crippen LogP contribution < -0.4 is 11.1 Å². The van der Waals surface area contributed by atoms with E-state index < -0.39 is 23.8 Å². The van der Waals surface area contributed by atoms with E-state index in [9.17, 15) is 14.4 Å². The third kappa shape index (κ3) is 4.69. The van der Waals surface area contributed by atoms with Gasteiger partial charge in [-0.3, -0.25) is 14.6 Å². The Morgan fingerprint density at radius 1 is 1.45 bits per heavy atom. The second-order valence-electron chi connectivity index (χ2n) is 4.98. The maximum absolute atomic E-state index is 12.0. The number of imide groups is 1. The van der Waals surface area contributed by atoms with Crippen molar-refractivity contribution in [2.45, 2.75) is 31.7 Å². The lowest BCUT2D eigenvalue weighted by molar-refractivity contribution is -0.199. The van der Waals surface area contributed by atoms with Crippen LogP contribution in [0.4, 0.5) is 0 Å². The fraction of sp³-hybridized carbons (Fsp3) is 0.692. The number of amides is 2. The lowest BCUT2D eigenvalue weighted by Crippen LogP contribution is -2.42. The number of nitrogens with two attached hydrogens (primary N) is 1. The first-order valence-corrected chi connectivity index (χ1v) is 7.09.